The van der Waals surface area contributed by atoms with E-state index in [0.29, 0.717) is 36.4 Å². The highest BCUT2D eigenvalue weighted by atomic mass is 35.5. The number of morpholine rings is 1. The Balaban J connectivity index is 1.69. The second-order valence-electron chi connectivity index (χ2n) is 5.66. The summed E-state index contributed by atoms with van der Waals surface area (Å²) in [6.45, 7) is 4.13. The molecule has 0 aliphatic carbocycles. The van der Waals surface area contributed by atoms with Crippen molar-refractivity contribution in [3.8, 4) is 0 Å². The molecule has 1 saturated heterocycles. The number of thiophene rings is 1. The Morgan fingerprint density at radius 1 is 1.32 bits per heavy atom. The minimum atomic E-state index is -4.43. The average Bonchev–Trinajstić information content (AvgIpc) is 2.91. The van der Waals surface area contributed by atoms with Crippen LogP contribution in [0.5, 0.6) is 0 Å². The first-order chi connectivity index (χ1) is 11.9. The molecule has 0 bridgehead atoms. The summed E-state index contributed by atoms with van der Waals surface area (Å²) in [6, 6.07) is 3.30. The van der Waals surface area contributed by atoms with Gasteiger partial charge in [-0.15, -0.1) is 11.3 Å². The van der Waals surface area contributed by atoms with E-state index in [1.165, 1.54) is 6.07 Å². The predicted octanol–water partition coefficient (Wildman–Crippen LogP) is 3.64. The molecule has 0 radical (unpaired) electrons. The van der Waals surface area contributed by atoms with Gasteiger partial charge in [0.1, 0.15) is 4.88 Å². The predicted molar refractivity (Wildman–Crippen MR) is 91.4 cm³/mol. The normalized spacial score (nSPS) is 16.3. The monoisotopic (exact) mass is 392 g/mol. The van der Waals surface area contributed by atoms with Crippen molar-refractivity contribution in [2.75, 3.05) is 39.4 Å². The number of halogens is 4. The van der Waals surface area contributed by atoms with E-state index in [0.717, 1.165) is 36.6 Å². The van der Waals surface area contributed by atoms with Gasteiger partial charge in [0.15, 0.2) is 0 Å². The topological polar surface area (TPSA) is 41.6 Å². The highest BCUT2D eigenvalue weighted by Crippen LogP contribution is 2.39. The molecule has 9 heteroatoms. The van der Waals surface area contributed by atoms with E-state index >= 15 is 0 Å². The number of nitrogens with one attached hydrogen (secondary N) is 1. The van der Waals surface area contributed by atoms with Crippen molar-refractivity contribution < 1.29 is 22.7 Å². The fourth-order valence-electron chi connectivity index (χ4n) is 2.62. The summed E-state index contributed by atoms with van der Waals surface area (Å²) in [7, 11) is 0. The number of fused-ring (bicyclic) bond motifs is 1. The highest BCUT2D eigenvalue weighted by molar-refractivity contribution is 7.21. The Bertz CT molecular complexity index is 773. The number of ether oxygens (including phenoxy) is 1. The first-order valence-electron chi connectivity index (χ1n) is 7.74. The van der Waals surface area contributed by atoms with Gasteiger partial charge in [0.25, 0.3) is 5.91 Å². The van der Waals surface area contributed by atoms with Crippen LogP contribution in [-0.4, -0.2) is 50.2 Å². The second-order valence-corrected chi connectivity index (χ2v) is 7.09. The molecule has 1 amide bonds. The molecule has 1 aliphatic rings. The smallest absolute Gasteiger partial charge is 0.379 e. The van der Waals surface area contributed by atoms with E-state index in [4.69, 9.17) is 16.3 Å². The summed E-state index contributed by atoms with van der Waals surface area (Å²) in [6.07, 6.45) is -4.43. The van der Waals surface area contributed by atoms with Crippen LogP contribution in [0.2, 0.25) is 5.02 Å². The molecule has 2 aromatic rings. The first kappa shape index (κ1) is 18.4. The lowest BCUT2D eigenvalue weighted by atomic mass is 10.1. The summed E-state index contributed by atoms with van der Waals surface area (Å²) in [5.74, 6) is -0.368. The van der Waals surface area contributed by atoms with Gasteiger partial charge >= 0.3 is 6.18 Å². The van der Waals surface area contributed by atoms with E-state index in [9.17, 15) is 18.0 Å². The average molecular weight is 393 g/mol. The number of hydrogen-bond donors (Lipinski definition) is 1. The van der Waals surface area contributed by atoms with Crippen molar-refractivity contribution in [1.82, 2.24) is 10.2 Å². The molecule has 1 aromatic carbocycles. The molecule has 1 aromatic heterocycles. The van der Waals surface area contributed by atoms with Gasteiger partial charge in [0.2, 0.25) is 0 Å². The molecular weight excluding hydrogens is 377 g/mol. The fraction of sp³-hybridized carbons (Fsp3) is 0.438. The van der Waals surface area contributed by atoms with Crippen molar-refractivity contribution in [2.24, 2.45) is 0 Å². The lowest BCUT2D eigenvalue weighted by molar-refractivity contribution is -0.137. The maximum absolute atomic E-state index is 12.8. The molecule has 0 spiro atoms. The van der Waals surface area contributed by atoms with Crippen LogP contribution in [0.1, 0.15) is 15.2 Å². The molecule has 0 saturated carbocycles. The van der Waals surface area contributed by atoms with Crippen LogP contribution in [0.4, 0.5) is 13.2 Å². The number of alkyl halides is 3. The van der Waals surface area contributed by atoms with Gasteiger partial charge in [-0.2, -0.15) is 13.2 Å². The number of rotatable bonds is 4. The van der Waals surface area contributed by atoms with Crippen LogP contribution in [0.15, 0.2) is 18.2 Å². The van der Waals surface area contributed by atoms with Gasteiger partial charge in [0, 0.05) is 36.3 Å². The van der Waals surface area contributed by atoms with E-state index in [-0.39, 0.29) is 15.8 Å². The molecule has 0 unspecified atom stereocenters. The van der Waals surface area contributed by atoms with E-state index < -0.39 is 11.7 Å². The number of benzene rings is 1. The van der Waals surface area contributed by atoms with Crippen LogP contribution in [0.3, 0.4) is 0 Å². The summed E-state index contributed by atoms with van der Waals surface area (Å²) < 4.78 is 44.0. The number of carbonyl (C=O) groups excluding carboxylic acids is 1. The lowest BCUT2D eigenvalue weighted by Crippen LogP contribution is -2.41. The third-order valence-electron chi connectivity index (χ3n) is 3.98. The van der Waals surface area contributed by atoms with Crippen LogP contribution in [0, 0.1) is 0 Å². The van der Waals surface area contributed by atoms with Crippen molar-refractivity contribution in [3.05, 3.63) is 33.7 Å². The van der Waals surface area contributed by atoms with Gasteiger partial charge in [0.05, 0.1) is 23.8 Å². The maximum Gasteiger partial charge on any atom is 0.416 e. The number of carbonyl (C=O) groups is 1. The van der Waals surface area contributed by atoms with Crippen molar-refractivity contribution in [2.45, 2.75) is 6.18 Å². The Hall–Kier alpha value is -1.35. The second kappa shape index (κ2) is 7.49. The molecular formula is C16H16ClF3N2O2S. The van der Waals surface area contributed by atoms with E-state index in [1.807, 2.05) is 0 Å². The minimum absolute atomic E-state index is 0.192. The van der Waals surface area contributed by atoms with Crippen LogP contribution in [0.25, 0.3) is 10.1 Å². The quantitative estimate of drug-likeness (QED) is 0.863. The third kappa shape index (κ3) is 4.25. The number of amides is 1. The first-order valence-corrected chi connectivity index (χ1v) is 8.93. The lowest BCUT2D eigenvalue weighted by Gasteiger charge is -2.26. The summed E-state index contributed by atoms with van der Waals surface area (Å²) in [4.78, 5) is 14.7. The van der Waals surface area contributed by atoms with Crippen LogP contribution < -0.4 is 5.32 Å². The maximum atomic E-state index is 12.8. The molecule has 4 nitrogen and oxygen atoms in total. The summed E-state index contributed by atoms with van der Waals surface area (Å²) in [5.41, 5.74) is -0.753. The van der Waals surface area contributed by atoms with Crippen LogP contribution >= 0.6 is 22.9 Å². The van der Waals surface area contributed by atoms with Gasteiger partial charge in [-0.1, -0.05) is 17.7 Å². The Kier molecular flexibility index (Phi) is 5.52. The SMILES string of the molecule is O=C(NCCN1CCOCC1)c1sc2cc(C(F)(F)F)ccc2c1Cl. The zero-order chi connectivity index (χ0) is 18.0. The largest absolute Gasteiger partial charge is 0.416 e. The molecule has 25 heavy (non-hydrogen) atoms. The van der Waals surface area contributed by atoms with Gasteiger partial charge in [-0.05, 0) is 12.1 Å². The van der Waals surface area contributed by atoms with Gasteiger partial charge < -0.3 is 10.1 Å². The summed E-state index contributed by atoms with van der Waals surface area (Å²) in [5, 5.41) is 3.42. The van der Waals surface area contributed by atoms with E-state index in [1.54, 1.807) is 0 Å². The van der Waals surface area contributed by atoms with Crippen molar-refractivity contribution in [3.63, 3.8) is 0 Å². The molecule has 2 heterocycles. The standard InChI is InChI=1S/C16H16ClF3N2O2S/c17-13-11-2-1-10(16(18,19)20)9-12(11)25-14(13)15(23)21-3-4-22-5-7-24-8-6-22/h1-2,9H,3-8H2,(H,21,23). The highest BCUT2D eigenvalue weighted by Gasteiger charge is 2.31. The van der Waals surface area contributed by atoms with Crippen LogP contribution in [-0.2, 0) is 10.9 Å². The fourth-order valence-corrected chi connectivity index (χ4v) is 4.09. The number of nitrogens with zero attached hydrogens (tertiary/aromatic N) is 1. The van der Waals surface area contributed by atoms with E-state index in [2.05, 4.69) is 10.2 Å². The Morgan fingerprint density at radius 2 is 2.04 bits per heavy atom. The third-order valence-corrected chi connectivity index (χ3v) is 5.64. The zero-order valence-electron chi connectivity index (χ0n) is 13.2. The molecule has 3 rings (SSSR count). The molecule has 1 N–H and O–H groups in total. The minimum Gasteiger partial charge on any atom is -0.379 e. The molecule has 1 fully saturated rings. The van der Waals surface area contributed by atoms with Gasteiger partial charge in [-0.3, -0.25) is 9.69 Å². The van der Waals surface area contributed by atoms with Crippen molar-refractivity contribution >= 4 is 38.9 Å². The Morgan fingerprint density at radius 3 is 2.72 bits per heavy atom. The summed E-state index contributed by atoms with van der Waals surface area (Å²) >= 11 is 7.16. The molecule has 1 aliphatic heterocycles. The molecule has 136 valence electrons. The molecule has 0 atom stereocenters. The van der Waals surface area contributed by atoms with Crippen molar-refractivity contribution in [1.29, 1.82) is 0 Å². The Labute approximate surface area is 151 Å². The zero-order valence-corrected chi connectivity index (χ0v) is 14.7. The number of hydrogen-bond acceptors (Lipinski definition) is 4. The van der Waals surface area contributed by atoms with Gasteiger partial charge in [-0.25, -0.2) is 0 Å².